The fraction of sp³-hybridized carbons (Fsp3) is 0.714. The molecule has 94 valence electrons. The number of ether oxygens (including phenoxy) is 1. The molecular weight excluding hydrogens is 240 g/mol. The van der Waals surface area contributed by atoms with Crippen molar-refractivity contribution < 1.29 is 27.9 Å². The Morgan fingerprint density at radius 2 is 2.06 bits per heavy atom. The maximum atomic E-state index is 11.2. The van der Waals surface area contributed by atoms with Gasteiger partial charge in [-0.1, -0.05) is 0 Å². The SMILES string of the molecule is CCOC(=O)CS(=O)(=O)NCC(O)C(N)=O. The summed E-state index contributed by atoms with van der Waals surface area (Å²) in [6.07, 6.45) is -1.63. The second-order valence-electron chi connectivity index (χ2n) is 2.83. The van der Waals surface area contributed by atoms with E-state index in [-0.39, 0.29) is 6.61 Å². The first-order chi connectivity index (χ1) is 7.28. The van der Waals surface area contributed by atoms with Crippen molar-refractivity contribution in [3.8, 4) is 0 Å². The summed E-state index contributed by atoms with van der Waals surface area (Å²) >= 11 is 0. The van der Waals surface area contributed by atoms with E-state index in [1.165, 1.54) is 6.92 Å². The Bertz CT molecular complexity index is 352. The van der Waals surface area contributed by atoms with E-state index in [4.69, 9.17) is 10.8 Å². The third-order valence-electron chi connectivity index (χ3n) is 1.44. The molecule has 0 saturated heterocycles. The molecule has 1 amide bonds. The number of amides is 1. The number of carbonyl (C=O) groups is 2. The van der Waals surface area contributed by atoms with Crippen LogP contribution in [0.25, 0.3) is 0 Å². The van der Waals surface area contributed by atoms with Crippen LogP contribution in [0.3, 0.4) is 0 Å². The van der Waals surface area contributed by atoms with Gasteiger partial charge in [0.2, 0.25) is 15.9 Å². The second-order valence-corrected chi connectivity index (χ2v) is 4.64. The number of carbonyl (C=O) groups excluding carboxylic acids is 2. The Hall–Kier alpha value is -1.19. The quantitative estimate of drug-likeness (QED) is 0.423. The molecule has 1 atom stereocenters. The summed E-state index contributed by atoms with van der Waals surface area (Å²) in [4.78, 5) is 21.2. The van der Waals surface area contributed by atoms with Gasteiger partial charge in [-0.3, -0.25) is 9.59 Å². The van der Waals surface area contributed by atoms with Crippen LogP contribution >= 0.6 is 0 Å². The first kappa shape index (κ1) is 14.8. The molecule has 0 radical (unpaired) electrons. The lowest BCUT2D eigenvalue weighted by atomic mass is 10.3. The molecular formula is C7H14N2O6S. The number of aliphatic hydroxyl groups excluding tert-OH is 1. The van der Waals surface area contributed by atoms with Crippen LogP contribution in [-0.2, 0) is 24.3 Å². The highest BCUT2D eigenvalue weighted by Crippen LogP contribution is 1.89. The predicted molar refractivity (Wildman–Crippen MR) is 53.6 cm³/mol. The molecule has 9 heteroatoms. The molecule has 0 aromatic heterocycles. The van der Waals surface area contributed by atoms with Gasteiger partial charge in [-0.25, -0.2) is 13.1 Å². The minimum Gasteiger partial charge on any atom is -0.465 e. The van der Waals surface area contributed by atoms with E-state index in [0.29, 0.717) is 0 Å². The Balaban J connectivity index is 4.16. The number of hydrogen-bond acceptors (Lipinski definition) is 6. The van der Waals surface area contributed by atoms with Crippen LogP contribution in [-0.4, -0.2) is 50.4 Å². The topological polar surface area (TPSA) is 136 Å². The lowest BCUT2D eigenvalue weighted by molar-refractivity contribution is -0.140. The van der Waals surface area contributed by atoms with Crippen molar-refractivity contribution in [2.45, 2.75) is 13.0 Å². The first-order valence-corrected chi connectivity index (χ1v) is 6.04. The van der Waals surface area contributed by atoms with E-state index in [9.17, 15) is 18.0 Å². The van der Waals surface area contributed by atoms with Gasteiger partial charge < -0.3 is 15.6 Å². The lowest BCUT2D eigenvalue weighted by Crippen LogP contribution is -2.41. The summed E-state index contributed by atoms with van der Waals surface area (Å²) in [5.74, 6) is -2.84. The second kappa shape index (κ2) is 6.40. The zero-order chi connectivity index (χ0) is 12.8. The molecule has 0 saturated carbocycles. The zero-order valence-electron chi connectivity index (χ0n) is 8.67. The molecule has 16 heavy (non-hydrogen) atoms. The molecule has 0 aliphatic carbocycles. The normalized spacial score (nSPS) is 13.1. The third-order valence-corrected chi connectivity index (χ3v) is 2.66. The minimum absolute atomic E-state index is 0.0677. The van der Waals surface area contributed by atoms with Crippen molar-refractivity contribution in [3.05, 3.63) is 0 Å². The van der Waals surface area contributed by atoms with Gasteiger partial charge in [0.15, 0.2) is 5.75 Å². The van der Waals surface area contributed by atoms with Gasteiger partial charge in [-0.15, -0.1) is 0 Å². The molecule has 0 aliphatic heterocycles. The van der Waals surface area contributed by atoms with E-state index in [1.807, 2.05) is 4.72 Å². The van der Waals surface area contributed by atoms with E-state index in [1.54, 1.807) is 0 Å². The molecule has 0 aliphatic rings. The summed E-state index contributed by atoms with van der Waals surface area (Å²) in [6, 6.07) is 0. The number of esters is 1. The van der Waals surface area contributed by atoms with Crippen LogP contribution in [0.1, 0.15) is 6.92 Å². The number of primary amides is 1. The fourth-order valence-electron chi connectivity index (χ4n) is 0.715. The Morgan fingerprint density at radius 1 is 1.50 bits per heavy atom. The van der Waals surface area contributed by atoms with Crippen molar-refractivity contribution in [3.63, 3.8) is 0 Å². The van der Waals surface area contributed by atoms with Crippen LogP contribution in [0, 0.1) is 0 Å². The zero-order valence-corrected chi connectivity index (χ0v) is 9.49. The molecule has 1 unspecified atom stereocenters. The molecule has 0 aromatic rings. The van der Waals surface area contributed by atoms with Gasteiger partial charge in [0, 0.05) is 6.54 Å². The van der Waals surface area contributed by atoms with Gasteiger partial charge in [-0.2, -0.15) is 0 Å². The summed E-state index contributed by atoms with van der Waals surface area (Å²) in [6.45, 7) is 1.03. The number of nitrogens with two attached hydrogens (primary N) is 1. The van der Waals surface area contributed by atoms with Gasteiger partial charge in [-0.05, 0) is 6.92 Å². The van der Waals surface area contributed by atoms with Crippen molar-refractivity contribution in [1.29, 1.82) is 0 Å². The highest BCUT2D eigenvalue weighted by atomic mass is 32.2. The van der Waals surface area contributed by atoms with Gasteiger partial charge in [0.05, 0.1) is 6.61 Å². The van der Waals surface area contributed by atoms with Gasteiger partial charge in [0.1, 0.15) is 6.10 Å². The highest BCUT2D eigenvalue weighted by Gasteiger charge is 2.20. The number of hydrogen-bond donors (Lipinski definition) is 3. The maximum Gasteiger partial charge on any atom is 0.322 e. The maximum absolute atomic E-state index is 11.2. The van der Waals surface area contributed by atoms with Gasteiger partial charge >= 0.3 is 5.97 Å². The fourth-order valence-corrected chi connectivity index (χ4v) is 1.62. The van der Waals surface area contributed by atoms with E-state index in [0.717, 1.165) is 0 Å². The molecule has 0 heterocycles. The summed E-state index contributed by atoms with van der Waals surface area (Å²) in [5.41, 5.74) is 4.70. The van der Waals surface area contributed by atoms with Crippen molar-refractivity contribution >= 4 is 21.9 Å². The number of rotatable bonds is 7. The standard InChI is InChI=1S/C7H14N2O6S/c1-2-15-6(11)4-16(13,14)9-3-5(10)7(8)12/h5,9-10H,2-4H2,1H3,(H2,8,12). The largest absolute Gasteiger partial charge is 0.465 e. The van der Waals surface area contributed by atoms with E-state index < -0.39 is 40.3 Å². The highest BCUT2D eigenvalue weighted by molar-refractivity contribution is 7.90. The van der Waals surface area contributed by atoms with Crippen molar-refractivity contribution in [1.82, 2.24) is 4.72 Å². The smallest absolute Gasteiger partial charge is 0.322 e. The molecule has 0 rings (SSSR count). The van der Waals surface area contributed by atoms with Gasteiger partial charge in [0.25, 0.3) is 0 Å². The molecule has 0 spiro atoms. The summed E-state index contributed by atoms with van der Waals surface area (Å²) < 4.78 is 28.6. The monoisotopic (exact) mass is 254 g/mol. The summed E-state index contributed by atoms with van der Waals surface area (Å²) in [5, 5.41) is 8.91. The molecule has 0 bridgehead atoms. The predicted octanol–water partition coefficient (Wildman–Crippen LogP) is -2.68. The lowest BCUT2D eigenvalue weighted by Gasteiger charge is -2.08. The Labute approximate surface area is 92.8 Å². The molecule has 8 nitrogen and oxygen atoms in total. The number of sulfonamides is 1. The molecule has 0 aromatic carbocycles. The van der Waals surface area contributed by atoms with Crippen LogP contribution in [0.5, 0.6) is 0 Å². The Morgan fingerprint density at radius 3 is 2.50 bits per heavy atom. The summed E-state index contributed by atoms with van der Waals surface area (Å²) in [7, 11) is -3.92. The first-order valence-electron chi connectivity index (χ1n) is 4.39. The van der Waals surface area contributed by atoms with E-state index in [2.05, 4.69) is 4.74 Å². The van der Waals surface area contributed by atoms with Crippen molar-refractivity contribution in [2.24, 2.45) is 5.73 Å². The molecule has 0 fully saturated rings. The van der Waals surface area contributed by atoms with Crippen molar-refractivity contribution in [2.75, 3.05) is 18.9 Å². The van der Waals surface area contributed by atoms with Crippen LogP contribution < -0.4 is 10.5 Å². The minimum atomic E-state index is -3.92. The Kier molecular flexibility index (Phi) is 5.93. The van der Waals surface area contributed by atoms with Crippen LogP contribution in [0.4, 0.5) is 0 Å². The van der Waals surface area contributed by atoms with Crippen LogP contribution in [0.15, 0.2) is 0 Å². The average Bonchev–Trinajstić information content (AvgIpc) is 2.13. The van der Waals surface area contributed by atoms with Crippen LogP contribution in [0.2, 0.25) is 0 Å². The van der Waals surface area contributed by atoms with E-state index >= 15 is 0 Å². The number of aliphatic hydroxyl groups is 1. The number of nitrogens with one attached hydrogen (secondary N) is 1. The third kappa shape index (κ3) is 6.32. The average molecular weight is 254 g/mol. The molecule has 4 N–H and O–H groups in total.